The van der Waals surface area contributed by atoms with E-state index in [1.165, 1.54) is 0 Å². The zero-order valence-corrected chi connectivity index (χ0v) is 12.8. The summed E-state index contributed by atoms with van der Waals surface area (Å²) in [7, 11) is 0. The number of rotatable bonds is 7. The van der Waals surface area contributed by atoms with Gasteiger partial charge in [0.1, 0.15) is 0 Å². The van der Waals surface area contributed by atoms with Crippen LogP contribution in [-0.2, 0) is 6.61 Å². The molecule has 0 atom stereocenters. The van der Waals surface area contributed by atoms with Crippen LogP contribution in [0.2, 0.25) is 0 Å². The summed E-state index contributed by atoms with van der Waals surface area (Å²) in [5.41, 5.74) is 0.808. The van der Waals surface area contributed by atoms with Gasteiger partial charge in [-0.15, -0.1) is 0 Å². The summed E-state index contributed by atoms with van der Waals surface area (Å²) in [6.07, 6.45) is 2.09. The molecule has 0 amide bonds. The average Bonchev–Trinajstić information content (AvgIpc) is 2.38. The zero-order valence-electron chi connectivity index (χ0n) is 11.2. The zero-order chi connectivity index (χ0) is 13.5. The van der Waals surface area contributed by atoms with Crippen molar-refractivity contribution < 1.29 is 14.6 Å². The number of hydrogen-bond donors (Lipinski definition) is 1. The monoisotopic (exact) mass is 316 g/mol. The average molecular weight is 317 g/mol. The molecule has 0 saturated heterocycles. The highest BCUT2D eigenvalue weighted by Gasteiger charge is 2.15. The molecule has 0 saturated carbocycles. The molecule has 0 heterocycles. The molecule has 3 nitrogen and oxygen atoms in total. The second kappa shape index (κ2) is 7.64. The van der Waals surface area contributed by atoms with E-state index in [1.54, 1.807) is 0 Å². The second-order valence-corrected chi connectivity index (χ2v) is 4.91. The van der Waals surface area contributed by atoms with Gasteiger partial charge in [-0.3, -0.25) is 0 Å². The third kappa shape index (κ3) is 3.89. The normalized spacial score (nSPS) is 10.8. The Labute approximate surface area is 117 Å². The van der Waals surface area contributed by atoms with Crippen molar-refractivity contribution in [3.63, 3.8) is 0 Å². The largest absolute Gasteiger partial charge is 0.490 e. The molecule has 1 aromatic carbocycles. The Morgan fingerprint density at radius 1 is 1.22 bits per heavy atom. The summed E-state index contributed by atoms with van der Waals surface area (Å²) in [6.45, 7) is 6.69. The van der Waals surface area contributed by atoms with Crippen LogP contribution in [0.25, 0.3) is 0 Å². The van der Waals surface area contributed by atoms with E-state index in [9.17, 15) is 5.11 Å². The molecule has 1 rings (SSSR count). The lowest BCUT2D eigenvalue weighted by Gasteiger charge is -2.20. The lowest BCUT2D eigenvalue weighted by atomic mass is 10.2. The SMILES string of the molecule is CCOc1cc(CO)cc(Br)c1OC(CC)CC. The first-order valence-corrected chi connectivity index (χ1v) is 7.18. The summed E-state index contributed by atoms with van der Waals surface area (Å²) in [5, 5.41) is 9.20. The molecule has 0 aliphatic carbocycles. The predicted octanol–water partition coefficient (Wildman–Crippen LogP) is 3.91. The van der Waals surface area contributed by atoms with E-state index in [4.69, 9.17) is 9.47 Å². The van der Waals surface area contributed by atoms with Crippen molar-refractivity contribution in [3.8, 4) is 11.5 Å². The van der Waals surface area contributed by atoms with E-state index in [2.05, 4.69) is 29.8 Å². The van der Waals surface area contributed by atoms with Gasteiger partial charge in [0.2, 0.25) is 0 Å². The highest BCUT2D eigenvalue weighted by atomic mass is 79.9. The number of ether oxygens (including phenoxy) is 2. The highest BCUT2D eigenvalue weighted by Crippen LogP contribution is 2.38. The van der Waals surface area contributed by atoms with Crippen molar-refractivity contribution in [1.29, 1.82) is 0 Å². The third-order valence-corrected chi connectivity index (χ3v) is 3.34. The van der Waals surface area contributed by atoms with Gasteiger partial charge in [-0.05, 0) is 53.4 Å². The van der Waals surface area contributed by atoms with E-state index < -0.39 is 0 Å². The summed E-state index contributed by atoms with van der Waals surface area (Å²) in [6, 6.07) is 3.69. The van der Waals surface area contributed by atoms with Gasteiger partial charge in [-0.25, -0.2) is 0 Å². The van der Waals surface area contributed by atoms with Gasteiger partial charge in [-0.2, -0.15) is 0 Å². The van der Waals surface area contributed by atoms with Crippen LogP contribution < -0.4 is 9.47 Å². The van der Waals surface area contributed by atoms with Crippen LogP contribution in [0.1, 0.15) is 39.2 Å². The van der Waals surface area contributed by atoms with Crippen molar-refractivity contribution in [2.45, 2.75) is 46.3 Å². The Hall–Kier alpha value is -0.740. The minimum Gasteiger partial charge on any atom is -0.490 e. The van der Waals surface area contributed by atoms with Gasteiger partial charge < -0.3 is 14.6 Å². The summed E-state index contributed by atoms with van der Waals surface area (Å²) < 4.78 is 12.4. The molecule has 102 valence electrons. The van der Waals surface area contributed by atoms with E-state index in [0.717, 1.165) is 28.6 Å². The maximum atomic E-state index is 9.20. The molecule has 0 radical (unpaired) electrons. The van der Waals surface area contributed by atoms with Crippen LogP contribution >= 0.6 is 15.9 Å². The van der Waals surface area contributed by atoms with Gasteiger partial charge in [0.25, 0.3) is 0 Å². The fourth-order valence-corrected chi connectivity index (χ4v) is 2.29. The number of hydrogen-bond acceptors (Lipinski definition) is 3. The van der Waals surface area contributed by atoms with Crippen LogP contribution in [0, 0.1) is 0 Å². The first-order valence-electron chi connectivity index (χ1n) is 6.38. The maximum absolute atomic E-state index is 9.20. The van der Waals surface area contributed by atoms with E-state index in [-0.39, 0.29) is 12.7 Å². The smallest absolute Gasteiger partial charge is 0.175 e. The van der Waals surface area contributed by atoms with Crippen LogP contribution in [-0.4, -0.2) is 17.8 Å². The molecule has 0 unspecified atom stereocenters. The lowest BCUT2D eigenvalue weighted by molar-refractivity contribution is 0.180. The Morgan fingerprint density at radius 2 is 1.89 bits per heavy atom. The van der Waals surface area contributed by atoms with E-state index >= 15 is 0 Å². The quantitative estimate of drug-likeness (QED) is 0.829. The van der Waals surface area contributed by atoms with Crippen molar-refractivity contribution in [2.75, 3.05) is 6.61 Å². The van der Waals surface area contributed by atoms with E-state index in [0.29, 0.717) is 12.4 Å². The standard InChI is InChI=1S/C14H21BrO3/c1-4-11(5-2)18-14-12(15)7-10(9-16)8-13(14)17-6-3/h7-8,11,16H,4-6,9H2,1-3H3. The molecule has 0 fully saturated rings. The Balaban J connectivity index is 3.06. The highest BCUT2D eigenvalue weighted by molar-refractivity contribution is 9.10. The molecule has 1 aromatic rings. The molecule has 18 heavy (non-hydrogen) atoms. The molecule has 1 N–H and O–H groups in total. The minimum absolute atomic E-state index is 0.00998. The van der Waals surface area contributed by atoms with Gasteiger partial charge in [0, 0.05) is 0 Å². The van der Waals surface area contributed by atoms with Crippen molar-refractivity contribution in [3.05, 3.63) is 22.2 Å². The van der Waals surface area contributed by atoms with Gasteiger partial charge >= 0.3 is 0 Å². The Kier molecular flexibility index (Phi) is 6.50. The maximum Gasteiger partial charge on any atom is 0.175 e. The van der Waals surface area contributed by atoms with Gasteiger partial charge in [0.05, 0.1) is 23.8 Å². The Bertz CT molecular complexity index is 376. The molecule has 4 heteroatoms. The van der Waals surface area contributed by atoms with Crippen LogP contribution in [0.15, 0.2) is 16.6 Å². The molecule has 0 spiro atoms. The van der Waals surface area contributed by atoms with Crippen molar-refractivity contribution >= 4 is 15.9 Å². The van der Waals surface area contributed by atoms with Crippen molar-refractivity contribution in [1.82, 2.24) is 0 Å². The van der Waals surface area contributed by atoms with E-state index in [1.807, 2.05) is 19.1 Å². The second-order valence-electron chi connectivity index (χ2n) is 4.05. The van der Waals surface area contributed by atoms with Crippen LogP contribution in [0.5, 0.6) is 11.5 Å². The lowest BCUT2D eigenvalue weighted by Crippen LogP contribution is -2.15. The molecule has 0 aliphatic rings. The number of benzene rings is 1. The summed E-state index contributed by atoms with van der Waals surface area (Å²) in [4.78, 5) is 0. The third-order valence-electron chi connectivity index (χ3n) is 2.75. The first-order chi connectivity index (χ1) is 8.65. The molecule has 0 bridgehead atoms. The van der Waals surface area contributed by atoms with Crippen molar-refractivity contribution in [2.24, 2.45) is 0 Å². The molecule has 0 aromatic heterocycles. The van der Waals surface area contributed by atoms with Gasteiger partial charge in [-0.1, -0.05) is 13.8 Å². The fraction of sp³-hybridized carbons (Fsp3) is 0.571. The minimum atomic E-state index is -0.00998. The summed E-state index contributed by atoms with van der Waals surface area (Å²) in [5.74, 6) is 1.41. The predicted molar refractivity (Wildman–Crippen MR) is 76.2 cm³/mol. The first kappa shape index (κ1) is 15.3. The molecular formula is C14H21BrO3. The topological polar surface area (TPSA) is 38.7 Å². The fourth-order valence-electron chi connectivity index (χ4n) is 1.71. The number of aliphatic hydroxyl groups is 1. The Morgan fingerprint density at radius 3 is 2.39 bits per heavy atom. The molecule has 0 aliphatic heterocycles. The van der Waals surface area contributed by atoms with Gasteiger partial charge in [0.15, 0.2) is 11.5 Å². The number of halogens is 1. The number of aliphatic hydroxyl groups excluding tert-OH is 1. The summed E-state index contributed by atoms with van der Waals surface area (Å²) >= 11 is 3.48. The van der Waals surface area contributed by atoms with Crippen LogP contribution in [0.3, 0.4) is 0 Å². The molecular weight excluding hydrogens is 296 g/mol. The van der Waals surface area contributed by atoms with Crippen LogP contribution in [0.4, 0.5) is 0 Å².